The summed E-state index contributed by atoms with van der Waals surface area (Å²) < 4.78 is 0. The van der Waals surface area contributed by atoms with Crippen molar-refractivity contribution in [3.8, 4) is 0 Å². The quantitative estimate of drug-likeness (QED) is 0.883. The van der Waals surface area contributed by atoms with Crippen LogP contribution >= 0.6 is 0 Å². The molecule has 1 atom stereocenters. The molecule has 19 heavy (non-hydrogen) atoms. The summed E-state index contributed by atoms with van der Waals surface area (Å²) in [5, 5.41) is 3.51. The highest BCUT2D eigenvalue weighted by atomic mass is 15.2. The summed E-state index contributed by atoms with van der Waals surface area (Å²) >= 11 is 0. The molecule has 2 aromatic rings. The molecular formula is C17H20N2. The fraction of sp³-hybridized carbons (Fsp3) is 0.294. The van der Waals surface area contributed by atoms with Crippen LogP contribution < -0.4 is 10.2 Å². The summed E-state index contributed by atoms with van der Waals surface area (Å²) in [6.45, 7) is 5.32. The largest absolute Gasteiger partial charge is 0.362 e. The third kappa shape index (κ3) is 2.49. The number of nitrogens with zero attached hydrogens (tertiary/aromatic N) is 1. The van der Waals surface area contributed by atoms with E-state index in [0.29, 0.717) is 6.04 Å². The average molecular weight is 252 g/mol. The first kappa shape index (κ1) is 12.2. The van der Waals surface area contributed by atoms with Crippen molar-refractivity contribution >= 4 is 5.69 Å². The van der Waals surface area contributed by atoms with Gasteiger partial charge in [0.05, 0.1) is 6.04 Å². The maximum absolute atomic E-state index is 3.51. The van der Waals surface area contributed by atoms with Crippen LogP contribution in [0, 0.1) is 6.92 Å². The second-order valence-corrected chi connectivity index (χ2v) is 5.11. The molecule has 1 N–H and O–H groups in total. The van der Waals surface area contributed by atoms with Crippen LogP contribution in [0.3, 0.4) is 0 Å². The minimum absolute atomic E-state index is 0.427. The molecule has 2 aromatic carbocycles. The molecule has 3 rings (SSSR count). The van der Waals surface area contributed by atoms with Gasteiger partial charge in [-0.2, -0.15) is 0 Å². The fourth-order valence-corrected chi connectivity index (χ4v) is 2.85. The predicted molar refractivity (Wildman–Crippen MR) is 80.6 cm³/mol. The van der Waals surface area contributed by atoms with E-state index in [2.05, 4.69) is 71.7 Å². The number of nitrogens with one attached hydrogen (secondary N) is 1. The molecule has 1 heterocycles. The third-order valence-electron chi connectivity index (χ3n) is 3.85. The van der Waals surface area contributed by atoms with Gasteiger partial charge in [0.1, 0.15) is 0 Å². The smallest absolute Gasteiger partial charge is 0.0667 e. The van der Waals surface area contributed by atoms with E-state index in [1.165, 1.54) is 16.8 Å². The topological polar surface area (TPSA) is 15.3 Å². The maximum atomic E-state index is 3.51. The van der Waals surface area contributed by atoms with Crippen molar-refractivity contribution < 1.29 is 0 Å². The molecule has 0 saturated carbocycles. The van der Waals surface area contributed by atoms with Crippen LogP contribution in [-0.2, 0) is 0 Å². The van der Waals surface area contributed by atoms with Crippen LogP contribution in [-0.4, -0.2) is 19.6 Å². The van der Waals surface area contributed by atoms with Crippen molar-refractivity contribution in [1.29, 1.82) is 0 Å². The van der Waals surface area contributed by atoms with Gasteiger partial charge in [0.2, 0.25) is 0 Å². The van der Waals surface area contributed by atoms with Gasteiger partial charge in [0.15, 0.2) is 0 Å². The van der Waals surface area contributed by atoms with Gasteiger partial charge in [0, 0.05) is 25.3 Å². The molecule has 1 saturated heterocycles. The van der Waals surface area contributed by atoms with Crippen LogP contribution in [0.5, 0.6) is 0 Å². The molecule has 1 unspecified atom stereocenters. The van der Waals surface area contributed by atoms with E-state index >= 15 is 0 Å². The molecule has 2 heteroatoms. The van der Waals surface area contributed by atoms with Gasteiger partial charge in [-0.05, 0) is 24.1 Å². The van der Waals surface area contributed by atoms with Gasteiger partial charge < -0.3 is 10.2 Å². The van der Waals surface area contributed by atoms with Crippen molar-refractivity contribution in [3.63, 3.8) is 0 Å². The van der Waals surface area contributed by atoms with Gasteiger partial charge >= 0.3 is 0 Å². The van der Waals surface area contributed by atoms with Gasteiger partial charge in [-0.1, -0.05) is 48.5 Å². The number of anilines is 1. The first-order valence-electron chi connectivity index (χ1n) is 6.94. The van der Waals surface area contributed by atoms with Crippen molar-refractivity contribution in [1.82, 2.24) is 5.32 Å². The molecule has 0 bridgehead atoms. The Morgan fingerprint density at radius 1 is 1.00 bits per heavy atom. The minimum Gasteiger partial charge on any atom is -0.362 e. The van der Waals surface area contributed by atoms with Crippen molar-refractivity contribution in [2.75, 3.05) is 24.5 Å². The molecule has 0 spiro atoms. The lowest BCUT2D eigenvalue weighted by Crippen LogP contribution is -2.46. The maximum Gasteiger partial charge on any atom is 0.0667 e. The van der Waals surface area contributed by atoms with E-state index in [0.717, 1.165) is 19.6 Å². The van der Waals surface area contributed by atoms with Crippen LogP contribution in [0.25, 0.3) is 0 Å². The van der Waals surface area contributed by atoms with Crippen LogP contribution in [0.2, 0.25) is 0 Å². The third-order valence-corrected chi connectivity index (χ3v) is 3.85. The Morgan fingerprint density at radius 3 is 2.53 bits per heavy atom. The van der Waals surface area contributed by atoms with Crippen LogP contribution in [0.15, 0.2) is 54.6 Å². The van der Waals surface area contributed by atoms with E-state index in [1.807, 2.05) is 0 Å². The van der Waals surface area contributed by atoms with Gasteiger partial charge in [-0.15, -0.1) is 0 Å². The first-order valence-corrected chi connectivity index (χ1v) is 6.94. The summed E-state index contributed by atoms with van der Waals surface area (Å²) in [6.07, 6.45) is 0. The van der Waals surface area contributed by atoms with E-state index in [4.69, 9.17) is 0 Å². The zero-order valence-corrected chi connectivity index (χ0v) is 11.3. The average Bonchev–Trinajstić information content (AvgIpc) is 2.49. The number of hydrogen-bond acceptors (Lipinski definition) is 2. The Labute approximate surface area is 115 Å². The normalized spacial score (nSPS) is 19.4. The number of benzene rings is 2. The molecule has 0 aliphatic carbocycles. The second-order valence-electron chi connectivity index (χ2n) is 5.11. The summed E-state index contributed by atoms with van der Waals surface area (Å²) in [4.78, 5) is 2.53. The number of hydrogen-bond donors (Lipinski definition) is 1. The van der Waals surface area contributed by atoms with Crippen molar-refractivity contribution in [2.24, 2.45) is 0 Å². The van der Waals surface area contributed by atoms with Crippen molar-refractivity contribution in [2.45, 2.75) is 13.0 Å². The van der Waals surface area contributed by atoms with Gasteiger partial charge in [-0.25, -0.2) is 0 Å². The first-order chi connectivity index (χ1) is 9.36. The minimum atomic E-state index is 0.427. The molecule has 0 aromatic heterocycles. The Hall–Kier alpha value is -1.80. The van der Waals surface area contributed by atoms with Crippen LogP contribution in [0.4, 0.5) is 5.69 Å². The highest BCUT2D eigenvalue weighted by Gasteiger charge is 2.24. The second kappa shape index (κ2) is 5.45. The van der Waals surface area contributed by atoms with Crippen LogP contribution in [0.1, 0.15) is 17.2 Å². The summed E-state index contributed by atoms with van der Waals surface area (Å²) in [6, 6.07) is 19.9. The highest BCUT2D eigenvalue weighted by Crippen LogP contribution is 2.30. The molecule has 0 amide bonds. The van der Waals surface area contributed by atoms with E-state index in [1.54, 1.807) is 0 Å². The zero-order chi connectivity index (χ0) is 13.1. The molecule has 98 valence electrons. The fourth-order valence-electron chi connectivity index (χ4n) is 2.85. The summed E-state index contributed by atoms with van der Waals surface area (Å²) in [7, 11) is 0. The number of piperazine rings is 1. The van der Waals surface area contributed by atoms with E-state index in [-0.39, 0.29) is 0 Å². The molecule has 0 radical (unpaired) electrons. The van der Waals surface area contributed by atoms with Gasteiger partial charge in [-0.3, -0.25) is 0 Å². The standard InChI is InChI=1S/C17H20N2/c1-14-7-5-6-10-16(14)19-12-11-18-13-17(19)15-8-3-2-4-9-15/h2-10,17-18H,11-13H2,1H3. The highest BCUT2D eigenvalue weighted by molar-refractivity contribution is 5.55. The molecular weight excluding hydrogens is 232 g/mol. The summed E-state index contributed by atoms with van der Waals surface area (Å²) in [5.41, 5.74) is 4.10. The Morgan fingerprint density at radius 2 is 1.74 bits per heavy atom. The van der Waals surface area contributed by atoms with E-state index in [9.17, 15) is 0 Å². The zero-order valence-electron chi connectivity index (χ0n) is 11.3. The van der Waals surface area contributed by atoms with Crippen molar-refractivity contribution in [3.05, 3.63) is 65.7 Å². The molecule has 1 aliphatic heterocycles. The molecule has 1 fully saturated rings. The monoisotopic (exact) mass is 252 g/mol. The number of rotatable bonds is 2. The predicted octanol–water partition coefficient (Wildman–Crippen LogP) is 3.15. The SMILES string of the molecule is Cc1ccccc1N1CCNCC1c1ccccc1. The Balaban J connectivity index is 1.96. The lowest BCUT2D eigenvalue weighted by Gasteiger charge is -2.39. The van der Waals surface area contributed by atoms with Gasteiger partial charge in [0.25, 0.3) is 0 Å². The molecule has 1 aliphatic rings. The Bertz CT molecular complexity index is 536. The summed E-state index contributed by atoms with van der Waals surface area (Å²) in [5.74, 6) is 0. The number of para-hydroxylation sites is 1. The lowest BCUT2D eigenvalue weighted by molar-refractivity contribution is 0.489. The lowest BCUT2D eigenvalue weighted by atomic mass is 10.0. The molecule has 2 nitrogen and oxygen atoms in total. The number of aryl methyl sites for hydroxylation is 1. The van der Waals surface area contributed by atoms with E-state index < -0.39 is 0 Å². The Kier molecular flexibility index (Phi) is 3.51.